The maximum atomic E-state index is 15.3. The smallest absolute Gasteiger partial charge is 0.417 e. The van der Waals surface area contributed by atoms with Gasteiger partial charge in [0.25, 0.3) is 11.8 Å². The van der Waals surface area contributed by atoms with E-state index in [1.807, 2.05) is 0 Å². The second-order valence-electron chi connectivity index (χ2n) is 9.01. The molecule has 1 aliphatic rings. The van der Waals surface area contributed by atoms with Crippen LogP contribution in [0.5, 0.6) is 5.75 Å². The molecular formula is C26H25F7N2O5. The third-order valence-corrected chi connectivity index (χ3v) is 5.83. The van der Waals surface area contributed by atoms with Crippen LogP contribution in [-0.4, -0.2) is 66.5 Å². The normalized spacial score (nSPS) is 17.6. The highest BCUT2D eigenvalue weighted by Crippen LogP contribution is 2.44. The summed E-state index contributed by atoms with van der Waals surface area (Å²) in [7, 11) is 0. The number of aliphatic hydroxyl groups excluding tert-OH is 2. The van der Waals surface area contributed by atoms with Gasteiger partial charge in [0, 0.05) is 36.7 Å². The minimum Gasteiger partial charge on any atom is -0.491 e. The second-order valence-corrected chi connectivity index (χ2v) is 9.01. The topological polar surface area (TPSA) is 99.1 Å². The Bertz CT molecular complexity index is 1280. The molecule has 1 aliphatic heterocycles. The zero-order valence-corrected chi connectivity index (χ0v) is 20.9. The molecule has 0 saturated carbocycles. The molecule has 0 radical (unpaired) electrons. The van der Waals surface area contributed by atoms with Gasteiger partial charge in [0.1, 0.15) is 24.3 Å². The van der Waals surface area contributed by atoms with Crippen LogP contribution >= 0.6 is 0 Å². The van der Waals surface area contributed by atoms with Crippen molar-refractivity contribution in [3.63, 3.8) is 0 Å². The van der Waals surface area contributed by atoms with Gasteiger partial charge in [-0.2, -0.15) is 13.2 Å². The lowest BCUT2D eigenvalue weighted by Gasteiger charge is -2.25. The summed E-state index contributed by atoms with van der Waals surface area (Å²) in [5.74, 6) is -7.70. The molecule has 0 fully saturated rings. The Balaban J connectivity index is 2.09. The van der Waals surface area contributed by atoms with Crippen LogP contribution in [0.2, 0.25) is 0 Å². The van der Waals surface area contributed by atoms with Gasteiger partial charge in [0.15, 0.2) is 0 Å². The highest BCUT2D eigenvalue weighted by Gasteiger charge is 2.43. The lowest BCUT2D eigenvalue weighted by molar-refractivity contribution is -0.138. The van der Waals surface area contributed by atoms with Gasteiger partial charge in [-0.1, -0.05) is 0 Å². The van der Waals surface area contributed by atoms with Crippen LogP contribution in [0, 0.1) is 5.82 Å². The zero-order chi connectivity index (χ0) is 29.8. The van der Waals surface area contributed by atoms with Crippen molar-refractivity contribution in [3.8, 4) is 5.75 Å². The van der Waals surface area contributed by atoms with E-state index in [-0.39, 0.29) is 11.4 Å². The van der Waals surface area contributed by atoms with Crippen LogP contribution in [-0.2, 0) is 11.0 Å². The molecule has 2 atom stereocenters. The number of nitrogens with one attached hydrogen (secondary N) is 1. The molecule has 14 heteroatoms. The maximum Gasteiger partial charge on any atom is 0.417 e. The van der Waals surface area contributed by atoms with Gasteiger partial charge in [0.2, 0.25) is 5.91 Å². The standard InChI is InChI=1S/C26H25F7N2O5/c1-14(27)13-40-17-3-4-18(21(9-17)26(31,32)33)24(39)35-7-6-25(29,30)20(10-23(38)34-11-16(37)12-36)19-8-15(28)2-5-22(19)35/h2-5,8-10,14,16,36-37H,6-7,11-13H2,1H3,(H,34,38)/b20-10-/t14-,16-/m1/s1. The number of rotatable bonds is 8. The number of anilines is 1. The number of benzene rings is 2. The summed E-state index contributed by atoms with van der Waals surface area (Å²) in [5, 5.41) is 20.3. The van der Waals surface area contributed by atoms with E-state index in [9.17, 15) is 36.6 Å². The number of carbonyl (C=O) groups excluding carboxylic acids is 2. The molecule has 218 valence electrons. The SMILES string of the molecule is C[C@@H](F)COc1ccc(C(=O)N2CCC(F)(F)/C(=C\C(=O)NC[C@@H](O)CO)c3cc(F)ccc32)c(C(F)(F)F)c1. The maximum absolute atomic E-state index is 15.3. The molecule has 0 aromatic heterocycles. The van der Waals surface area contributed by atoms with E-state index in [2.05, 4.69) is 5.32 Å². The molecule has 40 heavy (non-hydrogen) atoms. The first-order valence-electron chi connectivity index (χ1n) is 11.9. The lowest BCUT2D eigenvalue weighted by atomic mass is 9.96. The third kappa shape index (κ3) is 7.30. The number of nitrogens with zero attached hydrogens (tertiary/aromatic N) is 1. The minimum absolute atomic E-state index is 0.374. The van der Waals surface area contributed by atoms with E-state index in [0.29, 0.717) is 23.1 Å². The predicted octanol–water partition coefficient (Wildman–Crippen LogP) is 4.12. The molecular weight excluding hydrogens is 553 g/mol. The Labute approximate surface area is 223 Å². The lowest BCUT2D eigenvalue weighted by Crippen LogP contribution is -2.34. The van der Waals surface area contributed by atoms with Crippen molar-refractivity contribution in [3.05, 3.63) is 65.0 Å². The molecule has 3 N–H and O–H groups in total. The van der Waals surface area contributed by atoms with E-state index in [1.165, 1.54) is 0 Å². The largest absolute Gasteiger partial charge is 0.491 e. The van der Waals surface area contributed by atoms with Gasteiger partial charge >= 0.3 is 6.18 Å². The van der Waals surface area contributed by atoms with Crippen molar-refractivity contribution in [2.24, 2.45) is 0 Å². The Kier molecular flexibility index (Phi) is 9.46. The summed E-state index contributed by atoms with van der Waals surface area (Å²) in [6.45, 7) is -1.44. The number of amides is 2. The van der Waals surface area contributed by atoms with Gasteiger partial charge < -0.3 is 25.2 Å². The second kappa shape index (κ2) is 12.3. The Morgan fingerprint density at radius 2 is 1.90 bits per heavy atom. The molecule has 0 unspecified atom stereocenters. The molecule has 2 aromatic rings. The first kappa shape index (κ1) is 30.9. The van der Waals surface area contributed by atoms with Crippen molar-refractivity contribution in [1.82, 2.24) is 5.32 Å². The molecule has 0 saturated heterocycles. The summed E-state index contributed by atoms with van der Waals surface area (Å²) < 4.78 is 105. The van der Waals surface area contributed by atoms with Crippen LogP contribution < -0.4 is 15.0 Å². The monoisotopic (exact) mass is 578 g/mol. The van der Waals surface area contributed by atoms with E-state index in [0.717, 1.165) is 31.2 Å². The van der Waals surface area contributed by atoms with Crippen LogP contribution in [0.3, 0.4) is 0 Å². The van der Waals surface area contributed by atoms with Crippen molar-refractivity contribution >= 4 is 23.1 Å². The number of alkyl halides is 6. The van der Waals surface area contributed by atoms with E-state index in [1.54, 1.807) is 0 Å². The van der Waals surface area contributed by atoms with E-state index in [4.69, 9.17) is 9.84 Å². The van der Waals surface area contributed by atoms with E-state index >= 15 is 8.78 Å². The average Bonchev–Trinajstić information content (AvgIpc) is 2.98. The summed E-state index contributed by atoms with van der Waals surface area (Å²) in [6, 6.07) is 4.63. The van der Waals surface area contributed by atoms with Crippen LogP contribution in [0.15, 0.2) is 42.5 Å². The van der Waals surface area contributed by atoms with Crippen LogP contribution in [0.4, 0.5) is 36.4 Å². The van der Waals surface area contributed by atoms with Crippen molar-refractivity contribution in [1.29, 1.82) is 0 Å². The number of ether oxygens (including phenoxy) is 1. The van der Waals surface area contributed by atoms with Gasteiger partial charge in [-0.3, -0.25) is 9.59 Å². The Morgan fingerprint density at radius 1 is 1.20 bits per heavy atom. The fraction of sp³-hybridized carbons (Fsp3) is 0.385. The highest BCUT2D eigenvalue weighted by atomic mass is 19.4. The first-order valence-corrected chi connectivity index (χ1v) is 11.9. The number of carbonyl (C=O) groups is 2. The minimum atomic E-state index is -5.09. The van der Waals surface area contributed by atoms with E-state index < -0.39 is 97.0 Å². The fourth-order valence-corrected chi connectivity index (χ4v) is 3.91. The molecule has 7 nitrogen and oxygen atoms in total. The molecule has 0 spiro atoms. The molecule has 2 amide bonds. The first-order chi connectivity index (χ1) is 18.6. The fourth-order valence-electron chi connectivity index (χ4n) is 3.91. The number of fused-ring (bicyclic) bond motifs is 1. The summed E-state index contributed by atoms with van der Waals surface area (Å²) >= 11 is 0. The quantitative estimate of drug-likeness (QED) is 0.324. The number of hydrogen-bond donors (Lipinski definition) is 3. The molecule has 2 aromatic carbocycles. The molecule has 3 rings (SSSR count). The third-order valence-electron chi connectivity index (χ3n) is 5.83. The molecule has 0 bridgehead atoms. The number of halogens is 7. The van der Waals surface area contributed by atoms with Crippen LogP contribution in [0.1, 0.15) is 34.8 Å². The number of aliphatic hydroxyl groups is 2. The Morgan fingerprint density at radius 3 is 2.52 bits per heavy atom. The average molecular weight is 578 g/mol. The van der Waals surface area contributed by atoms with Gasteiger partial charge in [-0.25, -0.2) is 17.6 Å². The molecule has 0 aliphatic carbocycles. The Hall–Kier alpha value is -3.65. The van der Waals surface area contributed by atoms with Crippen molar-refractivity contribution in [2.45, 2.75) is 37.7 Å². The van der Waals surface area contributed by atoms with Crippen molar-refractivity contribution in [2.75, 3.05) is 31.2 Å². The zero-order valence-electron chi connectivity index (χ0n) is 20.9. The van der Waals surface area contributed by atoms with Gasteiger partial charge in [-0.05, 0) is 43.3 Å². The summed E-state index contributed by atoms with van der Waals surface area (Å²) in [5.41, 5.74) is -4.38. The van der Waals surface area contributed by atoms with Gasteiger partial charge in [-0.15, -0.1) is 0 Å². The van der Waals surface area contributed by atoms with Crippen molar-refractivity contribution < 1.29 is 55.3 Å². The summed E-state index contributed by atoms with van der Waals surface area (Å²) in [4.78, 5) is 26.4. The molecule has 1 heterocycles. The highest BCUT2D eigenvalue weighted by molar-refractivity contribution is 6.10. The summed E-state index contributed by atoms with van der Waals surface area (Å²) in [6.07, 6.45) is -8.65. The van der Waals surface area contributed by atoms with Gasteiger partial charge in [0.05, 0.1) is 29.5 Å². The number of hydrogen-bond acceptors (Lipinski definition) is 5. The predicted molar refractivity (Wildman–Crippen MR) is 129 cm³/mol. The van der Waals surface area contributed by atoms with Crippen LogP contribution in [0.25, 0.3) is 5.57 Å². The number of allylic oxidation sites excluding steroid dienone is 1.